The first-order valence-corrected chi connectivity index (χ1v) is 8.70. The van der Waals surface area contributed by atoms with Gasteiger partial charge in [-0.2, -0.15) is 0 Å². The molecule has 0 aliphatic carbocycles. The summed E-state index contributed by atoms with van der Waals surface area (Å²) in [7, 11) is 0. The third-order valence-electron chi connectivity index (χ3n) is 4.37. The van der Waals surface area contributed by atoms with E-state index in [1.165, 1.54) is 0 Å². The summed E-state index contributed by atoms with van der Waals surface area (Å²) < 4.78 is 1.71. The van der Waals surface area contributed by atoms with Gasteiger partial charge in [-0.15, -0.1) is 0 Å². The number of carboxylic acids is 1. The Labute approximate surface area is 155 Å². The maximum Gasteiger partial charge on any atom is 0.303 e. The predicted molar refractivity (Wildman–Crippen MR) is 94.5 cm³/mol. The van der Waals surface area contributed by atoms with E-state index in [1.807, 2.05) is 0 Å². The number of hydrogen-bond acceptors (Lipinski definition) is 3. The van der Waals surface area contributed by atoms with Gasteiger partial charge in [-0.3, -0.25) is 9.59 Å². The molecule has 0 bridgehead atoms. The van der Waals surface area contributed by atoms with Gasteiger partial charge < -0.3 is 14.6 Å². The van der Waals surface area contributed by atoms with E-state index in [1.54, 1.807) is 40.2 Å². The van der Waals surface area contributed by atoms with Crippen molar-refractivity contribution in [1.82, 2.24) is 14.5 Å². The molecule has 1 aliphatic rings. The third-order valence-corrected chi connectivity index (χ3v) is 5.11. The first kappa shape index (κ1) is 17.8. The number of likely N-dealkylation sites (tertiary alicyclic amines) is 1. The molecular formula is C17H17Cl2N3O3. The Hall–Kier alpha value is -2.05. The van der Waals surface area contributed by atoms with E-state index in [4.69, 9.17) is 28.3 Å². The van der Waals surface area contributed by atoms with Crippen molar-refractivity contribution in [3.05, 3.63) is 46.5 Å². The standard InChI is InChI=1S/C17H17Cl2N3O3/c18-13-2-1-12(8-14(13)19)22-9-15(20-10-22)17(25)21-5-3-11(4-6-21)7-16(23)24/h1-2,8-11H,3-7H2,(H,23,24). The lowest BCUT2D eigenvalue weighted by Gasteiger charge is -2.30. The predicted octanol–water partition coefficient (Wildman–Crippen LogP) is 3.51. The van der Waals surface area contributed by atoms with Crippen LogP contribution in [0.25, 0.3) is 5.69 Å². The topological polar surface area (TPSA) is 75.4 Å². The molecule has 1 N–H and O–H groups in total. The molecule has 1 aromatic heterocycles. The molecule has 0 unspecified atom stereocenters. The summed E-state index contributed by atoms with van der Waals surface area (Å²) in [6, 6.07) is 5.19. The molecule has 0 radical (unpaired) electrons. The second-order valence-electron chi connectivity index (χ2n) is 6.10. The van der Waals surface area contributed by atoms with E-state index in [0.29, 0.717) is 41.7 Å². The number of imidazole rings is 1. The van der Waals surface area contributed by atoms with Gasteiger partial charge in [-0.05, 0) is 37.0 Å². The first-order chi connectivity index (χ1) is 11.9. The highest BCUT2D eigenvalue weighted by Crippen LogP contribution is 2.25. The normalized spacial score (nSPS) is 15.4. The van der Waals surface area contributed by atoms with Crippen molar-refractivity contribution in [2.24, 2.45) is 5.92 Å². The fourth-order valence-corrected chi connectivity index (χ4v) is 3.26. The summed E-state index contributed by atoms with van der Waals surface area (Å²) in [5, 5.41) is 9.75. The summed E-state index contributed by atoms with van der Waals surface area (Å²) in [6.07, 6.45) is 4.78. The quantitative estimate of drug-likeness (QED) is 0.878. The number of hydrogen-bond donors (Lipinski definition) is 1. The zero-order valence-corrected chi connectivity index (χ0v) is 14.9. The SMILES string of the molecule is O=C(O)CC1CCN(C(=O)c2cn(-c3ccc(Cl)c(Cl)c3)cn2)CC1. The van der Waals surface area contributed by atoms with Crippen LogP contribution in [-0.2, 0) is 4.79 Å². The zero-order valence-electron chi connectivity index (χ0n) is 13.4. The molecule has 2 aromatic rings. The van der Waals surface area contributed by atoms with Crippen LogP contribution in [0, 0.1) is 5.92 Å². The van der Waals surface area contributed by atoms with Crippen molar-refractivity contribution in [3.63, 3.8) is 0 Å². The Bertz CT molecular complexity index is 798. The van der Waals surface area contributed by atoms with Crippen molar-refractivity contribution in [1.29, 1.82) is 0 Å². The van der Waals surface area contributed by atoms with Gasteiger partial charge in [-0.1, -0.05) is 23.2 Å². The number of halogens is 2. The molecule has 3 rings (SSSR count). The van der Waals surface area contributed by atoms with Gasteiger partial charge in [0.05, 0.1) is 10.0 Å². The maximum atomic E-state index is 12.6. The zero-order chi connectivity index (χ0) is 18.0. The van der Waals surface area contributed by atoms with E-state index in [0.717, 1.165) is 5.69 Å². The average Bonchev–Trinajstić information content (AvgIpc) is 3.07. The molecule has 1 saturated heterocycles. The lowest BCUT2D eigenvalue weighted by atomic mass is 9.93. The van der Waals surface area contributed by atoms with Crippen LogP contribution < -0.4 is 0 Å². The van der Waals surface area contributed by atoms with Gasteiger partial charge in [-0.25, -0.2) is 4.98 Å². The van der Waals surface area contributed by atoms with Crippen LogP contribution in [-0.4, -0.2) is 44.5 Å². The number of carbonyl (C=O) groups is 2. The summed E-state index contributed by atoms with van der Waals surface area (Å²) >= 11 is 11.9. The minimum atomic E-state index is -0.787. The molecule has 8 heteroatoms. The van der Waals surface area contributed by atoms with Crippen LogP contribution in [0.1, 0.15) is 29.8 Å². The van der Waals surface area contributed by atoms with Crippen LogP contribution >= 0.6 is 23.2 Å². The van der Waals surface area contributed by atoms with Gasteiger partial charge in [0.1, 0.15) is 12.0 Å². The third kappa shape index (κ3) is 4.14. The Morgan fingerprint density at radius 1 is 1.20 bits per heavy atom. The Balaban J connectivity index is 1.67. The highest BCUT2D eigenvalue weighted by Gasteiger charge is 2.26. The minimum Gasteiger partial charge on any atom is -0.481 e. The fourth-order valence-electron chi connectivity index (χ4n) is 2.97. The van der Waals surface area contributed by atoms with Crippen molar-refractivity contribution < 1.29 is 14.7 Å². The number of aliphatic carboxylic acids is 1. The Morgan fingerprint density at radius 2 is 1.92 bits per heavy atom. The first-order valence-electron chi connectivity index (χ1n) is 7.94. The van der Waals surface area contributed by atoms with Crippen molar-refractivity contribution in [2.45, 2.75) is 19.3 Å². The summed E-state index contributed by atoms with van der Waals surface area (Å²) in [5.74, 6) is -0.798. The van der Waals surface area contributed by atoms with E-state index < -0.39 is 5.97 Å². The number of carboxylic acid groups (broad SMARTS) is 1. The molecule has 0 spiro atoms. The Morgan fingerprint density at radius 3 is 2.56 bits per heavy atom. The molecule has 1 fully saturated rings. The number of amides is 1. The van der Waals surface area contributed by atoms with Crippen LogP contribution in [0.5, 0.6) is 0 Å². The smallest absolute Gasteiger partial charge is 0.303 e. The number of carbonyl (C=O) groups excluding carboxylic acids is 1. The highest BCUT2D eigenvalue weighted by atomic mass is 35.5. The molecule has 0 saturated carbocycles. The molecule has 25 heavy (non-hydrogen) atoms. The number of piperidine rings is 1. The second kappa shape index (κ2) is 7.45. The van der Waals surface area contributed by atoms with Gasteiger partial charge in [0.2, 0.25) is 0 Å². The van der Waals surface area contributed by atoms with Crippen LogP contribution in [0.2, 0.25) is 10.0 Å². The largest absolute Gasteiger partial charge is 0.481 e. The summed E-state index contributed by atoms with van der Waals surface area (Å²) in [6.45, 7) is 1.10. The van der Waals surface area contributed by atoms with Crippen LogP contribution in [0.15, 0.2) is 30.7 Å². The number of aromatic nitrogens is 2. The van der Waals surface area contributed by atoms with Gasteiger partial charge >= 0.3 is 5.97 Å². The molecule has 0 atom stereocenters. The molecule has 1 aromatic carbocycles. The number of rotatable bonds is 4. The monoisotopic (exact) mass is 381 g/mol. The van der Waals surface area contributed by atoms with Crippen molar-refractivity contribution in [3.8, 4) is 5.69 Å². The maximum absolute atomic E-state index is 12.6. The van der Waals surface area contributed by atoms with Crippen molar-refractivity contribution in [2.75, 3.05) is 13.1 Å². The summed E-state index contributed by atoms with van der Waals surface area (Å²) in [4.78, 5) is 29.3. The van der Waals surface area contributed by atoms with Crippen LogP contribution in [0.4, 0.5) is 0 Å². The second-order valence-corrected chi connectivity index (χ2v) is 6.91. The number of benzene rings is 1. The molecule has 1 amide bonds. The van der Waals surface area contributed by atoms with E-state index in [2.05, 4.69) is 4.98 Å². The Kier molecular flexibility index (Phi) is 5.30. The average molecular weight is 382 g/mol. The van der Waals surface area contributed by atoms with E-state index in [-0.39, 0.29) is 18.2 Å². The van der Waals surface area contributed by atoms with Gasteiger partial charge in [0.15, 0.2) is 0 Å². The van der Waals surface area contributed by atoms with Crippen molar-refractivity contribution >= 4 is 35.1 Å². The highest BCUT2D eigenvalue weighted by molar-refractivity contribution is 6.42. The summed E-state index contributed by atoms with van der Waals surface area (Å²) in [5.41, 5.74) is 1.11. The van der Waals surface area contributed by atoms with E-state index in [9.17, 15) is 9.59 Å². The minimum absolute atomic E-state index is 0.135. The molecule has 6 nitrogen and oxygen atoms in total. The van der Waals surface area contributed by atoms with E-state index >= 15 is 0 Å². The van der Waals surface area contributed by atoms with Gasteiger partial charge in [0.25, 0.3) is 5.91 Å². The lowest BCUT2D eigenvalue weighted by molar-refractivity contribution is -0.138. The van der Waals surface area contributed by atoms with Crippen LogP contribution in [0.3, 0.4) is 0 Å². The molecule has 1 aliphatic heterocycles. The van der Waals surface area contributed by atoms with Gasteiger partial charge in [0, 0.05) is 31.4 Å². The fraction of sp³-hybridized carbons (Fsp3) is 0.353. The number of nitrogens with zero attached hydrogens (tertiary/aromatic N) is 3. The molecular weight excluding hydrogens is 365 g/mol. The lowest BCUT2D eigenvalue weighted by Crippen LogP contribution is -2.39. The molecule has 2 heterocycles. The molecule has 132 valence electrons.